The summed E-state index contributed by atoms with van der Waals surface area (Å²) in [7, 11) is 0. The first-order chi connectivity index (χ1) is 13.5. The normalized spacial score (nSPS) is 10.5. The molecule has 1 heterocycles. The zero-order valence-electron chi connectivity index (χ0n) is 14.2. The molecule has 0 saturated heterocycles. The van der Waals surface area contributed by atoms with E-state index in [4.69, 9.17) is 9.15 Å². The van der Waals surface area contributed by atoms with Gasteiger partial charge in [0, 0.05) is 22.3 Å². The number of amides is 1. The molecule has 0 aliphatic carbocycles. The van der Waals surface area contributed by atoms with Gasteiger partial charge in [0.2, 0.25) is 5.91 Å². The molecule has 3 rings (SSSR count). The molecule has 1 aromatic heterocycles. The Morgan fingerprint density at radius 2 is 1.89 bits per heavy atom. The lowest BCUT2D eigenvalue weighted by Crippen LogP contribution is -2.13. The van der Waals surface area contributed by atoms with E-state index in [9.17, 15) is 14.9 Å². The van der Waals surface area contributed by atoms with Crippen molar-refractivity contribution in [3.63, 3.8) is 0 Å². The van der Waals surface area contributed by atoms with E-state index in [-0.39, 0.29) is 29.2 Å². The Balaban J connectivity index is 1.45. The average Bonchev–Trinajstić information content (AvgIpc) is 3.14. The lowest BCUT2D eigenvalue weighted by Gasteiger charge is -2.03. The van der Waals surface area contributed by atoms with Gasteiger partial charge in [0.1, 0.15) is 5.75 Å². The topological polar surface area (TPSA) is 120 Å². The van der Waals surface area contributed by atoms with Crippen molar-refractivity contribution >= 4 is 45.0 Å². The van der Waals surface area contributed by atoms with Crippen molar-refractivity contribution in [2.75, 3.05) is 11.1 Å². The Morgan fingerprint density at radius 3 is 2.57 bits per heavy atom. The zero-order chi connectivity index (χ0) is 19.9. The van der Waals surface area contributed by atoms with E-state index in [0.717, 1.165) is 16.2 Å². The number of ether oxygens (including phenoxy) is 1. The average molecular weight is 465 g/mol. The molecular weight excluding hydrogens is 452 g/mol. The van der Waals surface area contributed by atoms with E-state index in [2.05, 4.69) is 31.4 Å². The Morgan fingerprint density at radius 1 is 1.18 bits per heavy atom. The standard InChI is InChI=1S/C17H13BrN4O5S/c18-11-1-7-14(8-2-11)26-9-16-20-21-17(27-16)28-10-15(23)19-12-3-5-13(6-4-12)22(24)25/h1-8H,9-10H2,(H,19,23). The fraction of sp³-hybridized carbons (Fsp3) is 0.118. The summed E-state index contributed by atoms with van der Waals surface area (Å²) in [6, 6.07) is 12.9. The van der Waals surface area contributed by atoms with Crippen molar-refractivity contribution in [2.45, 2.75) is 11.8 Å². The molecule has 0 bridgehead atoms. The molecule has 0 aliphatic rings. The Hall–Kier alpha value is -2.92. The van der Waals surface area contributed by atoms with Crippen LogP contribution in [0.1, 0.15) is 5.89 Å². The summed E-state index contributed by atoms with van der Waals surface area (Å²) in [5.74, 6) is 0.704. The number of benzene rings is 2. The summed E-state index contributed by atoms with van der Waals surface area (Å²) < 4.78 is 11.9. The van der Waals surface area contributed by atoms with Crippen LogP contribution in [0.15, 0.2) is 62.6 Å². The number of nitro benzene ring substituents is 1. The van der Waals surface area contributed by atoms with E-state index in [1.165, 1.54) is 24.3 Å². The van der Waals surface area contributed by atoms with Gasteiger partial charge in [-0.15, -0.1) is 10.2 Å². The largest absolute Gasteiger partial charge is 0.484 e. The summed E-state index contributed by atoms with van der Waals surface area (Å²) in [6.45, 7) is 0.115. The summed E-state index contributed by atoms with van der Waals surface area (Å²) in [4.78, 5) is 22.1. The highest BCUT2D eigenvalue weighted by Crippen LogP contribution is 2.20. The Bertz CT molecular complexity index is 962. The van der Waals surface area contributed by atoms with Gasteiger partial charge in [0.05, 0.1) is 10.7 Å². The molecular formula is C17H13BrN4O5S. The molecule has 144 valence electrons. The number of anilines is 1. The van der Waals surface area contributed by atoms with Crippen LogP contribution in [0.4, 0.5) is 11.4 Å². The van der Waals surface area contributed by atoms with Gasteiger partial charge in [0.25, 0.3) is 16.8 Å². The Labute approximate surface area is 171 Å². The van der Waals surface area contributed by atoms with Gasteiger partial charge < -0.3 is 14.5 Å². The van der Waals surface area contributed by atoms with E-state index < -0.39 is 4.92 Å². The van der Waals surface area contributed by atoms with Crippen molar-refractivity contribution in [1.29, 1.82) is 0 Å². The van der Waals surface area contributed by atoms with Crippen LogP contribution >= 0.6 is 27.7 Å². The second-order valence-corrected chi connectivity index (χ2v) is 7.19. The number of rotatable bonds is 8. The van der Waals surface area contributed by atoms with Crippen LogP contribution < -0.4 is 10.1 Å². The van der Waals surface area contributed by atoms with Crippen molar-refractivity contribution in [3.8, 4) is 5.75 Å². The quantitative estimate of drug-likeness (QED) is 0.301. The summed E-state index contributed by atoms with van der Waals surface area (Å²) >= 11 is 4.42. The molecule has 11 heteroatoms. The number of carbonyl (C=O) groups is 1. The number of nitrogens with zero attached hydrogens (tertiary/aromatic N) is 3. The van der Waals surface area contributed by atoms with Gasteiger partial charge in [-0.05, 0) is 36.4 Å². The van der Waals surface area contributed by atoms with Crippen LogP contribution in [0.5, 0.6) is 5.75 Å². The first-order valence-electron chi connectivity index (χ1n) is 7.87. The molecule has 1 N–H and O–H groups in total. The number of non-ortho nitro benzene ring substituents is 1. The maximum absolute atomic E-state index is 12.0. The maximum atomic E-state index is 12.0. The van der Waals surface area contributed by atoms with Crippen LogP contribution in [-0.2, 0) is 11.4 Å². The van der Waals surface area contributed by atoms with Gasteiger partial charge in [-0.25, -0.2) is 0 Å². The molecule has 0 aliphatic heterocycles. The second kappa shape index (κ2) is 9.33. The van der Waals surface area contributed by atoms with Crippen LogP contribution in [0.2, 0.25) is 0 Å². The first-order valence-corrected chi connectivity index (χ1v) is 9.65. The van der Waals surface area contributed by atoms with Gasteiger partial charge in [-0.1, -0.05) is 27.7 Å². The fourth-order valence-corrected chi connectivity index (χ4v) is 2.87. The van der Waals surface area contributed by atoms with Gasteiger partial charge >= 0.3 is 0 Å². The molecule has 0 fully saturated rings. The highest BCUT2D eigenvalue weighted by atomic mass is 79.9. The monoisotopic (exact) mass is 464 g/mol. The molecule has 0 spiro atoms. The first kappa shape index (κ1) is 19.8. The molecule has 0 radical (unpaired) electrons. The van der Waals surface area contributed by atoms with Crippen LogP contribution in [0, 0.1) is 10.1 Å². The maximum Gasteiger partial charge on any atom is 0.277 e. The number of hydrogen-bond acceptors (Lipinski definition) is 8. The molecule has 28 heavy (non-hydrogen) atoms. The summed E-state index contributed by atoms with van der Waals surface area (Å²) in [5.41, 5.74) is 0.418. The summed E-state index contributed by atoms with van der Waals surface area (Å²) in [6.07, 6.45) is 0. The van der Waals surface area contributed by atoms with Crippen LogP contribution in [0.25, 0.3) is 0 Å². The fourth-order valence-electron chi connectivity index (χ4n) is 2.02. The highest BCUT2D eigenvalue weighted by Gasteiger charge is 2.11. The SMILES string of the molecule is O=C(CSc1nnc(COc2ccc(Br)cc2)o1)Nc1ccc([N+](=O)[O-])cc1. The molecule has 0 atom stereocenters. The molecule has 1 amide bonds. The zero-order valence-corrected chi connectivity index (χ0v) is 16.6. The summed E-state index contributed by atoms with van der Waals surface area (Å²) in [5, 5.41) is 21.2. The number of thioether (sulfide) groups is 1. The number of aromatic nitrogens is 2. The van der Waals surface area contributed by atoms with Gasteiger partial charge in [-0.3, -0.25) is 14.9 Å². The number of halogens is 1. The van der Waals surface area contributed by atoms with Crippen molar-refractivity contribution in [1.82, 2.24) is 10.2 Å². The van der Waals surface area contributed by atoms with Crippen molar-refractivity contribution < 1.29 is 18.9 Å². The van der Waals surface area contributed by atoms with Crippen molar-refractivity contribution in [3.05, 3.63) is 69.0 Å². The third-order valence-electron chi connectivity index (χ3n) is 3.31. The van der Waals surface area contributed by atoms with Crippen LogP contribution in [0.3, 0.4) is 0 Å². The van der Waals surface area contributed by atoms with Crippen LogP contribution in [-0.4, -0.2) is 26.8 Å². The smallest absolute Gasteiger partial charge is 0.277 e. The van der Waals surface area contributed by atoms with Crippen molar-refractivity contribution in [2.24, 2.45) is 0 Å². The lowest BCUT2D eigenvalue weighted by atomic mass is 10.3. The minimum Gasteiger partial charge on any atom is -0.484 e. The molecule has 3 aromatic rings. The van der Waals surface area contributed by atoms with E-state index >= 15 is 0 Å². The Kier molecular flexibility index (Phi) is 6.61. The van der Waals surface area contributed by atoms with Gasteiger partial charge in [0.15, 0.2) is 6.61 Å². The van der Waals surface area contributed by atoms with E-state index in [1.807, 2.05) is 12.1 Å². The predicted octanol–water partition coefficient (Wildman–Crippen LogP) is 4.05. The number of nitro groups is 1. The van der Waals surface area contributed by atoms with E-state index in [0.29, 0.717) is 17.3 Å². The van der Waals surface area contributed by atoms with Gasteiger partial charge in [-0.2, -0.15) is 0 Å². The number of carbonyl (C=O) groups excluding carboxylic acids is 1. The van der Waals surface area contributed by atoms with E-state index in [1.54, 1.807) is 12.1 Å². The highest BCUT2D eigenvalue weighted by molar-refractivity contribution is 9.10. The predicted molar refractivity (Wildman–Crippen MR) is 105 cm³/mol. The number of nitrogens with one attached hydrogen (secondary N) is 1. The molecule has 2 aromatic carbocycles. The molecule has 9 nitrogen and oxygen atoms in total. The molecule has 0 unspecified atom stereocenters. The number of hydrogen-bond donors (Lipinski definition) is 1. The molecule has 0 saturated carbocycles. The lowest BCUT2D eigenvalue weighted by molar-refractivity contribution is -0.384. The third kappa shape index (κ3) is 5.79. The minimum absolute atomic E-state index is 0.0453. The minimum atomic E-state index is -0.505. The second-order valence-electron chi connectivity index (χ2n) is 5.35. The third-order valence-corrected chi connectivity index (χ3v) is 4.66.